The van der Waals surface area contributed by atoms with Crippen LogP contribution in [0.5, 0.6) is 0 Å². The van der Waals surface area contributed by atoms with E-state index >= 15 is 0 Å². The molecule has 0 aliphatic carbocycles. The fraction of sp³-hybridized carbons (Fsp3) is 0.364. The number of nitrogens with two attached hydrogens (primary N) is 3. The van der Waals surface area contributed by atoms with E-state index in [0.29, 0.717) is 28.9 Å². The summed E-state index contributed by atoms with van der Waals surface area (Å²) >= 11 is 0. The van der Waals surface area contributed by atoms with Crippen molar-refractivity contribution in [3.63, 3.8) is 0 Å². The van der Waals surface area contributed by atoms with Gasteiger partial charge >= 0.3 is 5.97 Å². The summed E-state index contributed by atoms with van der Waals surface area (Å²) < 4.78 is 3.29. The van der Waals surface area contributed by atoms with Gasteiger partial charge in [-0.15, -0.1) is 0 Å². The molecule has 0 unspecified atom stereocenters. The molecule has 3 amide bonds. The number of nitrogens with zero attached hydrogens (tertiary/aromatic N) is 8. The minimum Gasteiger partial charge on any atom is -0.480 e. The number of aromatic nitrogens is 8. The van der Waals surface area contributed by atoms with E-state index in [9.17, 15) is 19.2 Å². The Morgan fingerprint density at radius 2 is 1.32 bits per heavy atom. The number of amides is 3. The van der Waals surface area contributed by atoms with Crippen molar-refractivity contribution >= 4 is 57.7 Å². The highest BCUT2D eigenvalue weighted by Crippen LogP contribution is 2.16. The average Bonchev–Trinajstić information content (AvgIpc) is 3.57. The molecule has 19 nitrogen and oxygen atoms in total. The van der Waals surface area contributed by atoms with Gasteiger partial charge in [0.05, 0.1) is 25.2 Å². The summed E-state index contributed by atoms with van der Waals surface area (Å²) in [6, 6.07) is -2.09. The number of nitrogens with one attached hydrogen (secondary N) is 3. The Balaban J connectivity index is 1.31. The summed E-state index contributed by atoms with van der Waals surface area (Å²) in [6.07, 6.45) is 5.79. The standard InChI is InChI=1S/C22H28N14O5/c23-11(1-3-35-9-32-15-17(24)28-7-30-19(15)35)21(40)26-5-13(37)34-12(22(41)27-6-14(38)39)2-4-36-10-33-16-18(25)29-8-31-20(16)36/h7-12H,1-6,23H2,(H,26,40)(H,27,41)(H,34,37)(H,38,39)(H2,24,28,30)(H2,25,29,31)/t11-,12-/m0/s1. The lowest BCUT2D eigenvalue weighted by Crippen LogP contribution is -2.51. The molecule has 0 aliphatic rings. The summed E-state index contributed by atoms with van der Waals surface area (Å²) in [4.78, 5) is 72.9. The second kappa shape index (κ2) is 12.6. The number of imidazole rings is 2. The second-order valence-electron chi connectivity index (χ2n) is 8.87. The smallest absolute Gasteiger partial charge is 0.322 e. The summed E-state index contributed by atoms with van der Waals surface area (Å²) in [5, 5.41) is 16.1. The van der Waals surface area contributed by atoms with Gasteiger partial charge in [0.1, 0.15) is 36.3 Å². The molecule has 41 heavy (non-hydrogen) atoms. The third-order valence-corrected chi connectivity index (χ3v) is 6.02. The fourth-order valence-electron chi connectivity index (χ4n) is 3.90. The van der Waals surface area contributed by atoms with Gasteiger partial charge in [-0.05, 0) is 12.8 Å². The molecular formula is C22H28N14O5. The number of aryl methyl sites for hydroxylation is 2. The third kappa shape index (κ3) is 6.95. The molecule has 0 spiro atoms. The van der Waals surface area contributed by atoms with Crippen LogP contribution in [0.2, 0.25) is 0 Å². The highest BCUT2D eigenvalue weighted by atomic mass is 16.4. The van der Waals surface area contributed by atoms with Crippen LogP contribution in [0.15, 0.2) is 25.3 Å². The zero-order valence-corrected chi connectivity index (χ0v) is 21.6. The van der Waals surface area contributed by atoms with Gasteiger partial charge < -0.3 is 47.4 Å². The van der Waals surface area contributed by atoms with Crippen LogP contribution in [0.4, 0.5) is 11.6 Å². The molecule has 4 heterocycles. The molecule has 0 radical (unpaired) electrons. The zero-order chi connectivity index (χ0) is 29.5. The number of carboxylic acids is 1. The molecule has 0 saturated heterocycles. The van der Waals surface area contributed by atoms with Crippen molar-refractivity contribution in [2.24, 2.45) is 5.73 Å². The van der Waals surface area contributed by atoms with E-state index in [0.717, 1.165) is 0 Å². The number of anilines is 2. The molecular weight excluding hydrogens is 540 g/mol. The number of hydrogen-bond acceptors (Lipinski definition) is 13. The van der Waals surface area contributed by atoms with Crippen molar-refractivity contribution in [3.05, 3.63) is 25.3 Å². The number of fused-ring (bicyclic) bond motifs is 2. The molecule has 0 aromatic carbocycles. The Bertz CT molecular complexity index is 1580. The van der Waals surface area contributed by atoms with Crippen LogP contribution in [0.25, 0.3) is 22.3 Å². The largest absolute Gasteiger partial charge is 0.480 e. The van der Waals surface area contributed by atoms with E-state index in [1.807, 2.05) is 0 Å². The minimum absolute atomic E-state index is 0.0486. The first-order valence-corrected chi connectivity index (χ1v) is 12.3. The third-order valence-electron chi connectivity index (χ3n) is 6.02. The van der Waals surface area contributed by atoms with Crippen LogP contribution < -0.4 is 33.2 Å². The lowest BCUT2D eigenvalue weighted by atomic mass is 10.1. The van der Waals surface area contributed by atoms with Crippen molar-refractivity contribution in [3.8, 4) is 0 Å². The monoisotopic (exact) mass is 568 g/mol. The number of carboxylic acid groups (broad SMARTS) is 1. The normalized spacial score (nSPS) is 12.6. The van der Waals surface area contributed by atoms with Crippen LogP contribution >= 0.6 is 0 Å². The lowest BCUT2D eigenvalue weighted by molar-refractivity contribution is -0.138. The van der Waals surface area contributed by atoms with E-state index in [1.54, 1.807) is 9.13 Å². The van der Waals surface area contributed by atoms with E-state index in [4.69, 9.17) is 22.3 Å². The van der Waals surface area contributed by atoms with Gasteiger partial charge in [-0.2, -0.15) is 0 Å². The molecule has 0 aliphatic heterocycles. The predicted molar refractivity (Wildman–Crippen MR) is 142 cm³/mol. The van der Waals surface area contributed by atoms with Crippen LogP contribution in [0.3, 0.4) is 0 Å². The van der Waals surface area contributed by atoms with Crippen molar-refractivity contribution in [1.82, 2.24) is 55.0 Å². The van der Waals surface area contributed by atoms with E-state index < -0.39 is 48.9 Å². The summed E-state index contributed by atoms with van der Waals surface area (Å²) in [5.74, 6) is -2.84. The molecule has 216 valence electrons. The van der Waals surface area contributed by atoms with Gasteiger partial charge in [-0.1, -0.05) is 0 Å². The molecule has 4 rings (SSSR count). The maximum atomic E-state index is 12.6. The number of hydrogen-bond donors (Lipinski definition) is 7. The molecule has 4 aromatic rings. The number of carbonyl (C=O) groups is 4. The van der Waals surface area contributed by atoms with Gasteiger partial charge in [0.2, 0.25) is 17.7 Å². The van der Waals surface area contributed by atoms with Gasteiger partial charge in [0.25, 0.3) is 0 Å². The van der Waals surface area contributed by atoms with Crippen LogP contribution in [-0.4, -0.2) is 93.0 Å². The van der Waals surface area contributed by atoms with E-state index in [-0.39, 0.29) is 31.0 Å². The zero-order valence-electron chi connectivity index (χ0n) is 21.6. The highest BCUT2D eigenvalue weighted by molar-refractivity contribution is 5.92. The molecule has 19 heteroatoms. The average molecular weight is 569 g/mol. The van der Waals surface area contributed by atoms with Crippen molar-refractivity contribution in [2.45, 2.75) is 38.0 Å². The Hall–Kier alpha value is -5.46. The molecule has 0 saturated carbocycles. The number of carbonyl (C=O) groups excluding carboxylic acids is 3. The second-order valence-corrected chi connectivity index (χ2v) is 8.87. The number of nitrogen functional groups attached to an aromatic ring is 2. The van der Waals surface area contributed by atoms with Crippen LogP contribution in [-0.2, 0) is 32.3 Å². The van der Waals surface area contributed by atoms with Crippen molar-refractivity contribution in [1.29, 1.82) is 0 Å². The predicted octanol–water partition coefficient (Wildman–Crippen LogP) is -3.26. The molecule has 0 bridgehead atoms. The maximum Gasteiger partial charge on any atom is 0.322 e. The Labute approximate surface area is 230 Å². The van der Waals surface area contributed by atoms with Crippen molar-refractivity contribution < 1.29 is 24.3 Å². The van der Waals surface area contributed by atoms with E-state index in [2.05, 4.69) is 45.9 Å². The minimum atomic E-state index is -1.25. The maximum absolute atomic E-state index is 12.6. The first-order valence-electron chi connectivity index (χ1n) is 12.3. The van der Waals surface area contributed by atoms with Crippen LogP contribution in [0.1, 0.15) is 12.8 Å². The van der Waals surface area contributed by atoms with Gasteiger partial charge in [0, 0.05) is 13.1 Å². The summed E-state index contributed by atoms with van der Waals surface area (Å²) in [5.41, 5.74) is 19.3. The van der Waals surface area contributed by atoms with Gasteiger partial charge in [-0.25, -0.2) is 29.9 Å². The fourth-order valence-corrected chi connectivity index (χ4v) is 3.90. The quantitative estimate of drug-likeness (QED) is 0.0833. The lowest BCUT2D eigenvalue weighted by Gasteiger charge is -2.19. The SMILES string of the molecule is Nc1ncnc2c1ncn2CC[C@H](NC(=O)CNC(=O)[C@@H](N)CCn1cnc2c(N)ncnc21)C(=O)NCC(=O)O. The van der Waals surface area contributed by atoms with Crippen LogP contribution in [0, 0.1) is 0 Å². The van der Waals surface area contributed by atoms with Gasteiger partial charge in [0.15, 0.2) is 22.9 Å². The van der Waals surface area contributed by atoms with E-state index in [1.165, 1.54) is 25.3 Å². The molecule has 10 N–H and O–H groups in total. The Morgan fingerprint density at radius 1 is 0.780 bits per heavy atom. The van der Waals surface area contributed by atoms with Gasteiger partial charge in [-0.3, -0.25) is 19.2 Å². The Morgan fingerprint density at radius 3 is 1.88 bits per heavy atom. The highest BCUT2D eigenvalue weighted by Gasteiger charge is 2.23. The first-order chi connectivity index (χ1) is 19.6. The first kappa shape index (κ1) is 28.5. The van der Waals surface area contributed by atoms with Crippen molar-refractivity contribution in [2.75, 3.05) is 24.6 Å². The number of rotatable bonds is 13. The molecule has 4 aromatic heterocycles. The Kier molecular flexibility index (Phi) is 8.77. The summed E-state index contributed by atoms with van der Waals surface area (Å²) in [7, 11) is 0. The number of aliphatic carboxylic acids is 1. The molecule has 2 atom stereocenters. The molecule has 0 fully saturated rings. The topological polar surface area (TPSA) is 290 Å². The summed E-state index contributed by atoms with van der Waals surface area (Å²) in [6.45, 7) is -0.627.